The second kappa shape index (κ2) is 9.75. The second-order valence-corrected chi connectivity index (χ2v) is 9.15. The van der Waals surface area contributed by atoms with Gasteiger partial charge in [0.25, 0.3) is 0 Å². The van der Waals surface area contributed by atoms with Gasteiger partial charge in [-0.2, -0.15) is 0 Å². The van der Waals surface area contributed by atoms with E-state index in [1.807, 2.05) is 18.2 Å². The number of carbonyl (C=O) groups excluding carboxylic acids is 1. The molecule has 4 rings (SSSR count). The fraction of sp³-hybridized carbons (Fsp3) is 0.321. The van der Waals surface area contributed by atoms with E-state index in [-0.39, 0.29) is 17.8 Å². The molecule has 172 valence electrons. The average Bonchev–Trinajstić information content (AvgIpc) is 2.78. The molecular weight excluding hydrogens is 413 g/mol. The van der Waals surface area contributed by atoms with Gasteiger partial charge in [-0.15, -0.1) is 0 Å². The first kappa shape index (κ1) is 23.0. The van der Waals surface area contributed by atoms with Gasteiger partial charge in [-0.05, 0) is 79.1 Å². The minimum atomic E-state index is -0.620. The Kier molecular flexibility index (Phi) is 6.80. The van der Waals surface area contributed by atoms with Crippen molar-refractivity contribution in [1.82, 2.24) is 5.32 Å². The van der Waals surface area contributed by atoms with Gasteiger partial charge in [0.15, 0.2) is 0 Å². The highest BCUT2D eigenvalue weighted by Gasteiger charge is 2.25. The van der Waals surface area contributed by atoms with E-state index in [9.17, 15) is 9.18 Å². The number of fused-ring (bicyclic) bond motifs is 1. The molecule has 1 amide bonds. The van der Waals surface area contributed by atoms with Crippen LogP contribution in [0.1, 0.15) is 51.4 Å². The summed E-state index contributed by atoms with van der Waals surface area (Å²) in [6.07, 6.45) is 1.79. The molecule has 0 aromatic heterocycles. The molecule has 0 aliphatic carbocycles. The Morgan fingerprint density at radius 1 is 1.12 bits per heavy atom. The number of nitrogens with two attached hydrogens (primary N) is 1. The van der Waals surface area contributed by atoms with Gasteiger partial charge in [-0.25, -0.2) is 4.39 Å². The highest BCUT2D eigenvalue weighted by molar-refractivity contribution is 5.82. The van der Waals surface area contributed by atoms with Gasteiger partial charge in [0, 0.05) is 18.7 Å². The number of benzene rings is 3. The van der Waals surface area contributed by atoms with E-state index in [4.69, 9.17) is 5.73 Å². The lowest BCUT2D eigenvalue weighted by Crippen LogP contribution is -2.44. The molecule has 4 N–H and O–H groups in total. The zero-order valence-electron chi connectivity index (χ0n) is 19.5. The van der Waals surface area contributed by atoms with E-state index < -0.39 is 6.04 Å². The van der Waals surface area contributed by atoms with Gasteiger partial charge in [-0.1, -0.05) is 48.0 Å². The van der Waals surface area contributed by atoms with Crippen molar-refractivity contribution in [2.45, 2.75) is 52.1 Å². The van der Waals surface area contributed by atoms with E-state index in [2.05, 4.69) is 49.6 Å². The van der Waals surface area contributed by atoms with Crippen LogP contribution in [-0.2, 0) is 17.6 Å². The maximum Gasteiger partial charge on any atom is 0.237 e. The smallest absolute Gasteiger partial charge is 0.237 e. The highest BCUT2D eigenvalue weighted by Crippen LogP contribution is 2.31. The number of aryl methyl sites for hydroxylation is 3. The first-order valence-corrected chi connectivity index (χ1v) is 11.5. The van der Waals surface area contributed by atoms with Crippen molar-refractivity contribution in [3.05, 3.63) is 99.4 Å². The fourth-order valence-electron chi connectivity index (χ4n) is 4.81. The molecule has 5 heteroatoms. The fourth-order valence-corrected chi connectivity index (χ4v) is 4.81. The lowest BCUT2D eigenvalue weighted by atomic mass is 9.92. The average molecular weight is 446 g/mol. The Balaban J connectivity index is 1.49. The zero-order chi connectivity index (χ0) is 23.5. The standard InChI is InChI=1S/C28H32FN3O/c1-17-12-18(2)22(19(3)13-17)16-25(30)28(33)32-27-10-11-31-26-9-8-20(15-23(26)27)14-21-6-4-5-7-24(21)29/h4-9,12-13,15,25,27,31H,10-11,14,16,30H2,1-3H3,(H,32,33). The molecule has 0 spiro atoms. The number of anilines is 1. The molecule has 0 radical (unpaired) electrons. The molecule has 3 aromatic rings. The summed E-state index contributed by atoms with van der Waals surface area (Å²) in [5.74, 6) is -0.349. The van der Waals surface area contributed by atoms with Gasteiger partial charge >= 0.3 is 0 Å². The Morgan fingerprint density at radius 2 is 1.85 bits per heavy atom. The number of nitrogens with one attached hydrogen (secondary N) is 2. The SMILES string of the molecule is Cc1cc(C)c(CC(N)C(=O)NC2CCNc3ccc(Cc4ccccc4F)cc32)c(C)c1. The predicted octanol–water partition coefficient (Wildman–Crippen LogP) is 4.88. The topological polar surface area (TPSA) is 67.2 Å². The summed E-state index contributed by atoms with van der Waals surface area (Å²) in [6.45, 7) is 6.99. The summed E-state index contributed by atoms with van der Waals surface area (Å²) in [7, 11) is 0. The molecule has 1 heterocycles. The van der Waals surface area contributed by atoms with Gasteiger partial charge in [0.05, 0.1) is 12.1 Å². The minimum Gasteiger partial charge on any atom is -0.385 e. The van der Waals surface area contributed by atoms with Crippen LogP contribution < -0.4 is 16.4 Å². The monoisotopic (exact) mass is 445 g/mol. The van der Waals surface area contributed by atoms with Crippen LogP contribution in [0.4, 0.5) is 10.1 Å². The van der Waals surface area contributed by atoms with E-state index in [0.29, 0.717) is 18.4 Å². The highest BCUT2D eigenvalue weighted by atomic mass is 19.1. The third kappa shape index (κ3) is 5.25. The second-order valence-electron chi connectivity index (χ2n) is 9.15. The first-order valence-electron chi connectivity index (χ1n) is 11.5. The molecule has 0 fully saturated rings. The van der Waals surface area contributed by atoms with Crippen LogP contribution in [0, 0.1) is 26.6 Å². The van der Waals surface area contributed by atoms with Gasteiger partial charge in [-0.3, -0.25) is 4.79 Å². The van der Waals surface area contributed by atoms with Crippen molar-refractivity contribution in [2.75, 3.05) is 11.9 Å². The van der Waals surface area contributed by atoms with Gasteiger partial charge in [0.2, 0.25) is 5.91 Å². The maximum absolute atomic E-state index is 14.1. The van der Waals surface area contributed by atoms with E-state index in [1.54, 1.807) is 12.1 Å². The van der Waals surface area contributed by atoms with Gasteiger partial charge in [0.1, 0.15) is 5.82 Å². The minimum absolute atomic E-state index is 0.124. The predicted molar refractivity (Wildman–Crippen MR) is 132 cm³/mol. The third-order valence-corrected chi connectivity index (χ3v) is 6.51. The lowest BCUT2D eigenvalue weighted by molar-refractivity contribution is -0.123. The molecule has 1 aliphatic rings. The molecule has 0 bridgehead atoms. The van der Waals surface area contributed by atoms with E-state index in [0.717, 1.165) is 35.3 Å². The van der Waals surface area contributed by atoms with E-state index in [1.165, 1.54) is 22.8 Å². The Bertz CT molecular complexity index is 1150. The van der Waals surface area contributed by atoms with Crippen LogP contribution in [0.15, 0.2) is 54.6 Å². The molecule has 4 nitrogen and oxygen atoms in total. The van der Waals surface area contributed by atoms with Crippen molar-refractivity contribution in [3.8, 4) is 0 Å². The summed E-state index contributed by atoms with van der Waals surface area (Å²) >= 11 is 0. The maximum atomic E-state index is 14.1. The normalized spacial score (nSPS) is 16.0. The summed E-state index contributed by atoms with van der Waals surface area (Å²) in [6, 6.07) is 16.5. The zero-order valence-corrected chi connectivity index (χ0v) is 19.5. The number of carbonyl (C=O) groups is 1. The quantitative estimate of drug-likeness (QED) is 0.506. The van der Waals surface area contributed by atoms with Crippen molar-refractivity contribution < 1.29 is 9.18 Å². The van der Waals surface area contributed by atoms with Crippen LogP contribution in [0.25, 0.3) is 0 Å². The van der Waals surface area contributed by atoms with Crippen molar-refractivity contribution >= 4 is 11.6 Å². The molecule has 2 atom stereocenters. The van der Waals surface area contributed by atoms with Crippen LogP contribution >= 0.6 is 0 Å². The Morgan fingerprint density at radius 3 is 2.58 bits per heavy atom. The van der Waals surface area contributed by atoms with Crippen molar-refractivity contribution in [2.24, 2.45) is 5.73 Å². The van der Waals surface area contributed by atoms with Crippen LogP contribution in [0.5, 0.6) is 0 Å². The molecular formula is C28H32FN3O. The Labute approximate surface area is 195 Å². The van der Waals surface area contributed by atoms with Crippen molar-refractivity contribution in [3.63, 3.8) is 0 Å². The first-order chi connectivity index (χ1) is 15.8. The van der Waals surface area contributed by atoms with Crippen LogP contribution in [0.2, 0.25) is 0 Å². The Hall–Kier alpha value is -3.18. The van der Waals surface area contributed by atoms with Gasteiger partial charge < -0.3 is 16.4 Å². The molecule has 33 heavy (non-hydrogen) atoms. The summed E-state index contributed by atoms with van der Waals surface area (Å²) in [4.78, 5) is 13.0. The number of halogens is 1. The van der Waals surface area contributed by atoms with Crippen LogP contribution in [0.3, 0.4) is 0 Å². The molecule has 3 aromatic carbocycles. The number of hydrogen-bond donors (Lipinski definition) is 3. The van der Waals surface area contributed by atoms with Crippen molar-refractivity contribution in [1.29, 1.82) is 0 Å². The summed E-state index contributed by atoms with van der Waals surface area (Å²) in [5, 5.41) is 6.57. The summed E-state index contributed by atoms with van der Waals surface area (Å²) < 4.78 is 14.1. The number of hydrogen-bond acceptors (Lipinski definition) is 3. The summed E-state index contributed by atoms with van der Waals surface area (Å²) in [5.41, 5.74) is 14.7. The van der Waals surface area contributed by atoms with E-state index >= 15 is 0 Å². The third-order valence-electron chi connectivity index (χ3n) is 6.51. The molecule has 0 saturated heterocycles. The number of amides is 1. The molecule has 1 aliphatic heterocycles. The lowest BCUT2D eigenvalue weighted by Gasteiger charge is -2.29. The molecule has 2 unspecified atom stereocenters. The largest absolute Gasteiger partial charge is 0.385 e. The van der Waals surface area contributed by atoms with Crippen LogP contribution in [-0.4, -0.2) is 18.5 Å². The molecule has 0 saturated carbocycles. The number of rotatable bonds is 6.